The number of carbonyl (C=O) groups excluding carboxylic acids is 1. The fourth-order valence-electron chi connectivity index (χ4n) is 2.49. The van der Waals surface area contributed by atoms with Crippen molar-refractivity contribution in [3.63, 3.8) is 0 Å². The van der Waals surface area contributed by atoms with Crippen LogP contribution in [0.5, 0.6) is 11.5 Å². The molecule has 0 aliphatic carbocycles. The van der Waals surface area contributed by atoms with E-state index in [-0.39, 0.29) is 23.8 Å². The Balaban J connectivity index is 1.79. The minimum atomic E-state index is -0.497. The maximum absolute atomic E-state index is 13.0. The average molecular weight is 377 g/mol. The molecule has 0 saturated carbocycles. The molecule has 0 aliphatic heterocycles. The number of hydrogen-bond acceptors (Lipinski definition) is 5. The highest BCUT2D eigenvalue weighted by atomic mass is 19.1. The molecule has 0 radical (unpaired) electrons. The lowest BCUT2D eigenvalue weighted by Gasteiger charge is -2.11. The normalized spacial score (nSPS) is 11.0. The second kappa shape index (κ2) is 8.69. The summed E-state index contributed by atoms with van der Waals surface area (Å²) in [6.45, 7) is 0.242. The largest absolute Gasteiger partial charge is 0.493 e. The van der Waals surface area contributed by atoms with E-state index >= 15 is 0 Å². The monoisotopic (exact) mass is 377 g/mol. The van der Waals surface area contributed by atoms with E-state index in [0.29, 0.717) is 17.1 Å². The quantitative estimate of drug-likeness (QED) is 0.336. The second-order valence-corrected chi connectivity index (χ2v) is 5.80. The molecular formula is C22H16FNO4. The maximum Gasteiger partial charge on any atom is 0.238 e. The van der Waals surface area contributed by atoms with Crippen LogP contribution in [0, 0.1) is 17.1 Å². The van der Waals surface area contributed by atoms with Gasteiger partial charge in [-0.15, -0.1) is 0 Å². The minimum Gasteiger partial charge on any atom is -0.493 e. The van der Waals surface area contributed by atoms with Gasteiger partial charge in [0.05, 0.1) is 13.4 Å². The number of nitriles is 1. The van der Waals surface area contributed by atoms with E-state index in [1.807, 2.05) is 6.07 Å². The van der Waals surface area contributed by atoms with Crippen molar-refractivity contribution < 1.29 is 23.1 Å². The van der Waals surface area contributed by atoms with Crippen LogP contribution in [-0.2, 0) is 6.61 Å². The van der Waals surface area contributed by atoms with Crippen LogP contribution in [0.15, 0.2) is 70.9 Å². The molecular weight excluding hydrogens is 361 g/mol. The summed E-state index contributed by atoms with van der Waals surface area (Å²) in [6.07, 6.45) is 2.83. The van der Waals surface area contributed by atoms with Crippen LogP contribution in [0.25, 0.3) is 6.08 Å². The highest BCUT2D eigenvalue weighted by Gasteiger charge is 2.15. The summed E-state index contributed by atoms with van der Waals surface area (Å²) in [5.74, 6) is 0.218. The molecule has 0 N–H and O–H groups in total. The smallest absolute Gasteiger partial charge is 0.238 e. The van der Waals surface area contributed by atoms with E-state index in [1.165, 1.54) is 37.6 Å². The van der Waals surface area contributed by atoms with Crippen LogP contribution in [0.4, 0.5) is 4.39 Å². The van der Waals surface area contributed by atoms with Crippen LogP contribution >= 0.6 is 0 Å². The summed E-state index contributed by atoms with van der Waals surface area (Å²) in [6, 6.07) is 16.0. The molecule has 0 unspecified atom stereocenters. The molecule has 0 saturated heterocycles. The number of halogens is 1. The van der Waals surface area contributed by atoms with Gasteiger partial charge in [-0.05, 0) is 53.6 Å². The lowest BCUT2D eigenvalue weighted by atomic mass is 10.1. The van der Waals surface area contributed by atoms with Crippen molar-refractivity contribution in [3.05, 3.63) is 89.1 Å². The third-order valence-electron chi connectivity index (χ3n) is 3.92. The van der Waals surface area contributed by atoms with Crippen molar-refractivity contribution in [3.8, 4) is 17.6 Å². The summed E-state index contributed by atoms with van der Waals surface area (Å²) < 4.78 is 29.1. The molecule has 5 nitrogen and oxygen atoms in total. The number of benzene rings is 2. The van der Waals surface area contributed by atoms with Crippen LogP contribution in [0.3, 0.4) is 0 Å². The Bertz CT molecular complexity index is 1030. The number of rotatable bonds is 7. The number of carbonyl (C=O) groups is 1. The molecule has 1 aromatic heterocycles. The van der Waals surface area contributed by atoms with Crippen molar-refractivity contribution in [2.75, 3.05) is 7.11 Å². The van der Waals surface area contributed by atoms with Gasteiger partial charge in [0.25, 0.3) is 0 Å². The molecule has 3 aromatic rings. The molecule has 0 atom stereocenters. The first-order valence-corrected chi connectivity index (χ1v) is 8.36. The zero-order chi connectivity index (χ0) is 19.9. The van der Waals surface area contributed by atoms with E-state index in [0.717, 1.165) is 5.56 Å². The van der Waals surface area contributed by atoms with Gasteiger partial charge in [0.15, 0.2) is 17.3 Å². The van der Waals surface area contributed by atoms with E-state index in [2.05, 4.69) is 0 Å². The number of hydrogen-bond donors (Lipinski definition) is 0. The number of Topliss-reactive ketones (excluding diaryl/α,β-unsaturated/α-hetero) is 1. The van der Waals surface area contributed by atoms with Crippen molar-refractivity contribution in [1.29, 1.82) is 5.26 Å². The lowest BCUT2D eigenvalue weighted by Crippen LogP contribution is -2.00. The topological polar surface area (TPSA) is 72.5 Å². The van der Waals surface area contributed by atoms with Crippen LogP contribution in [-0.4, -0.2) is 12.9 Å². The Morgan fingerprint density at radius 1 is 1.18 bits per heavy atom. The van der Waals surface area contributed by atoms with E-state index in [9.17, 15) is 14.4 Å². The second-order valence-electron chi connectivity index (χ2n) is 5.80. The Kier molecular flexibility index (Phi) is 5.87. The first kappa shape index (κ1) is 18.9. The van der Waals surface area contributed by atoms with Gasteiger partial charge in [-0.25, -0.2) is 4.39 Å². The number of nitrogens with zero attached hydrogens (tertiary/aromatic N) is 1. The highest BCUT2D eigenvalue weighted by Crippen LogP contribution is 2.30. The Morgan fingerprint density at radius 3 is 2.61 bits per heavy atom. The van der Waals surface area contributed by atoms with Crippen LogP contribution in [0.2, 0.25) is 0 Å². The third kappa shape index (κ3) is 4.46. The molecule has 0 aliphatic rings. The van der Waals surface area contributed by atoms with Gasteiger partial charge in [0.1, 0.15) is 24.1 Å². The van der Waals surface area contributed by atoms with Gasteiger partial charge in [-0.2, -0.15) is 5.26 Å². The summed E-state index contributed by atoms with van der Waals surface area (Å²) in [5, 5.41) is 9.30. The van der Waals surface area contributed by atoms with Gasteiger partial charge in [-0.1, -0.05) is 18.2 Å². The number of furan rings is 1. The van der Waals surface area contributed by atoms with Crippen LogP contribution < -0.4 is 9.47 Å². The SMILES string of the molecule is COc1cc(/C=C(\C#N)C(=O)c2ccco2)ccc1OCc1ccc(F)cc1. The number of ketones is 1. The minimum absolute atomic E-state index is 0.0583. The fraction of sp³-hybridized carbons (Fsp3) is 0.0909. The summed E-state index contributed by atoms with van der Waals surface area (Å²) in [4.78, 5) is 12.3. The molecule has 28 heavy (non-hydrogen) atoms. The van der Waals surface area contributed by atoms with Gasteiger partial charge in [0, 0.05) is 0 Å². The van der Waals surface area contributed by atoms with Gasteiger partial charge in [-0.3, -0.25) is 4.79 Å². The predicted molar refractivity (Wildman–Crippen MR) is 100 cm³/mol. The van der Waals surface area contributed by atoms with Crippen molar-refractivity contribution in [2.24, 2.45) is 0 Å². The Morgan fingerprint density at radius 2 is 1.96 bits per heavy atom. The van der Waals surface area contributed by atoms with Gasteiger partial charge in [0.2, 0.25) is 5.78 Å². The standard InChI is InChI=1S/C22H16FNO4/c1-26-21-12-16(11-17(13-24)22(25)20-3-2-10-27-20)6-9-19(21)28-14-15-4-7-18(23)8-5-15/h2-12H,14H2,1H3/b17-11+. The maximum atomic E-state index is 13.0. The Hall–Kier alpha value is -3.85. The van der Waals surface area contributed by atoms with Gasteiger partial charge >= 0.3 is 0 Å². The van der Waals surface area contributed by atoms with Crippen molar-refractivity contribution >= 4 is 11.9 Å². The van der Waals surface area contributed by atoms with E-state index < -0.39 is 5.78 Å². The summed E-state index contributed by atoms with van der Waals surface area (Å²) in [7, 11) is 1.49. The summed E-state index contributed by atoms with van der Waals surface area (Å²) >= 11 is 0. The van der Waals surface area contributed by atoms with Crippen LogP contribution in [0.1, 0.15) is 21.7 Å². The zero-order valence-electron chi connectivity index (χ0n) is 15.0. The molecule has 140 valence electrons. The fourth-order valence-corrected chi connectivity index (χ4v) is 2.49. The molecule has 3 rings (SSSR count). The zero-order valence-corrected chi connectivity index (χ0v) is 15.0. The van der Waals surface area contributed by atoms with E-state index in [1.54, 1.807) is 36.4 Å². The third-order valence-corrected chi connectivity index (χ3v) is 3.92. The van der Waals surface area contributed by atoms with Crippen molar-refractivity contribution in [1.82, 2.24) is 0 Å². The molecule has 0 fully saturated rings. The molecule has 1 heterocycles. The predicted octanol–water partition coefficient (Wildman–Crippen LogP) is 4.80. The number of allylic oxidation sites excluding steroid dienone is 1. The molecule has 0 amide bonds. The molecule has 0 spiro atoms. The van der Waals surface area contributed by atoms with E-state index in [4.69, 9.17) is 13.9 Å². The molecule has 2 aromatic carbocycles. The van der Waals surface area contributed by atoms with Gasteiger partial charge < -0.3 is 13.9 Å². The molecule has 6 heteroatoms. The first-order valence-electron chi connectivity index (χ1n) is 8.36. The first-order chi connectivity index (χ1) is 13.6. The average Bonchev–Trinajstić information content (AvgIpc) is 3.26. The number of ether oxygens (including phenoxy) is 2. The highest BCUT2D eigenvalue weighted by molar-refractivity contribution is 6.12. The van der Waals surface area contributed by atoms with Crippen molar-refractivity contribution in [2.45, 2.75) is 6.61 Å². The Labute approximate surface area is 161 Å². The summed E-state index contributed by atoms with van der Waals surface area (Å²) in [5.41, 5.74) is 1.35. The lowest BCUT2D eigenvalue weighted by molar-refractivity contribution is 0.101. The molecule has 0 bridgehead atoms. The number of methoxy groups -OCH3 is 1.